The second-order valence-electron chi connectivity index (χ2n) is 8.15. The largest absolute Gasteiger partial charge is 0.357 e. The predicted octanol–water partition coefficient (Wildman–Crippen LogP) is 2.52. The van der Waals surface area contributed by atoms with Crippen molar-refractivity contribution in [3.05, 3.63) is 23.9 Å². The molecular formula is C21H36N6S. The number of hydrogen-bond acceptors (Lipinski definition) is 5. The highest BCUT2D eigenvalue weighted by molar-refractivity contribution is 8.00. The van der Waals surface area contributed by atoms with Gasteiger partial charge in [-0.2, -0.15) is 11.8 Å². The fourth-order valence-electron chi connectivity index (χ4n) is 3.78. The van der Waals surface area contributed by atoms with Crippen LogP contribution in [0.5, 0.6) is 0 Å². The highest BCUT2D eigenvalue weighted by atomic mass is 32.2. The Morgan fingerprint density at radius 2 is 1.96 bits per heavy atom. The zero-order valence-corrected chi connectivity index (χ0v) is 18.8. The molecule has 6 nitrogen and oxygen atoms in total. The lowest BCUT2D eigenvalue weighted by Crippen LogP contribution is -2.50. The van der Waals surface area contributed by atoms with Crippen LogP contribution in [0.2, 0.25) is 0 Å². The van der Waals surface area contributed by atoms with Gasteiger partial charge in [0.05, 0.1) is 6.54 Å². The second kappa shape index (κ2) is 9.83. The van der Waals surface area contributed by atoms with Crippen LogP contribution in [0, 0.1) is 0 Å². The van der Waals surface area contributed by atoms with E-state index in [1.54, 1.807) is 0 Å². The molecule has 0 aromatic carbocycles. The summed E-state index contributed by atoms with van der Waals surface area (Å²) in [5.74, 6) is 3.26. The molecule has 2 fully saturated rings. The Bertz CT molecular complexity index is 637. The number of aromatic nitrogens is 1. The maximum absolute atomic E-state index is 4.90. The van der Waals surface area contributed by atoms with E-state index in [2.05, 4.69) is 59.8 Å². The van der Waals surface area contributed by atoms with E-state index < -0.39 is 0 Å². The van der Waals surface area contributed by atoms with E-state index in [4.69, 9.17) is 9.98 Å². The lowest BCUT2D eigenvalue weighted by Gasteiger charge is -2.39. The smallest absolute Gasteiger partial charge is 0.194 e. The van der Waals surface area contributed by atoms with Crippen molar-refractivity contribution < 1.29 is 0 Å². The zero-order valence-electron chi connectivity index (χ0n) is 17.9. The molecule has 28 heavy (non-hydrogen) atoms. The molecule has 0 saturated carbocycles. The van der Waals surface area contributed by atoms with Gasteiger partial charge in [0.15, 0.2) is 5.96 Å². The van der Waals surface area contributed by atoms with E-state index in [0.29, 0.717) is 6.54 Å². The Kier molecular flexibility index (Phi) is 7.46. The fourth-order valence-corrected chi connectivity index (χ4v) is 4.89. The highest BCUT2D eigenvalue weighted by Gasteiger charge is 2.28. The molecule has 2 aliphatic rings. The Morgan fingerprint density at radius 1 is 1.18 bits per heavy atom. The quantitative estimate of drug-likeness (QED) is 0.601. The van der Waals surface area contributed by atoms with Crippen molar-refractivity contribution >= 4 is 23.5 Å². The monoisotopic (exact) mass is 404 g/mol. The molecule has 1 aromatic rings. The molecule has 0 amide bonds. The van der Waals surface area contributed by atoms with Gasteiger partial charge in [-0.25, -0.2) is 9.98 Å². The van der Waals surface area contributed by atoms with Gasteiger partial charge in [-0.3, -0.25) is 0 Å². The Labute approximate surface area is 174 Å². The minimum absolute atomic E-state index is 0.277. The van der Waals surface area contributed by atoms with Crippen molar-refractivity contribution in [2.75, 3.05) is 63.0 Å². The summed E-state index contributed by atoms with van der Waals surface area (Å²) in [6.07, 6.45) is 1.99. The molecule has 1 aromatic heterocycles. The van der Waals surface area contributed by atoms with Gasteiger partial charge in [-0.05, 0) is 38.9 Å². The van der Waals surface area contributed by atoms with Crippen LogP contribution in [0.3, 0.4) is 0 Å². The fraction of sp³-hybridized carbons (Fsp3) is 0.714. The number of piperazine rings is 1. The van der Waals surface area contributed by atoms with Gasteiger partial charge < -0.3 is 20.0 Å². The number of thioether (sulfide) groups is 1. The summed E-state index contributed by atoms with van der Waals surface area (Å²) >= 11 is 2.05. The number of likely N-dealkylation sites (N-methyl/N-ethyl adjacent to an activating group) is 1. The molecule has 0 bridgehead atoms. The molecule has 1 N–H and O–H groups in total. The lowest BCUT2D eigenvalue weighted by atomic mass is 10.2. The summed E-state index contributed by atoms with van der Waals surface area (Å²) in [5, 5.41) is 3.47. The number of anilines is 1. The van der Waals surface area contributed by atoms with Crippen LogP contribution in [0.4, 0.5) is 5.82 Å². The third kappa shape index (κ3) is 5.77. The number of hydrogen-bond donors (Lipinski definition) is 1. The minimum Gasteiger partial charge on any atom is -0.357 e. The second-order valence-corrected chi connectivity index (χ2v) is 9.95. The van der Waals surface area contributed by atoms with Crippen LogP contribution >= 0.6 is 11.8 Å². The van der Waals surface area contributed by atoms with E-state index in [-0.39, 0.29) is 4.75 Å². The molecule has 3 rings (SSSR count). The summed E-state index contributed by atoms with van der Waals surface area (Å²) < 4.78 is 0.277. The molecule has 156 valence electrons. The topological polar surface area (TPSA) is 47.0 Å². The van der Waals surface area contributed by atoms with Gasteiger partial charge in [0, 0.05) is 62.5 Å². The van der Waals surface area contributed by atoms with Gasteiger partial charge in [0.1, 0.15) is 5.82 Å². The van der Waals surface area contributed by atoms with Gasteiger partial charge in [0.2, 0.25) is 0 Å². The third-order valence-electron chi connectivity index (χ3n) is 5.42. The van der Waals surface area contributed by atoms with Crippen molar-refractivity contribution in [3.63, 3.8) is 0 Å². The van der Waals surface area contributed by atoms with Crippen LogP contribution in [0.15, 0.2) is 23.3 Å². The molecule has 0 atom stereocenters. The molecule has 2 saturated heterocycles. The first-order valence-electron chi connectivity index (χ1n) is 10.6. The molecule has 3 heterocycles. The maximum atomic E-state index is 4.90. The number of pyridine rings is 1. The first kappa shape index (κ1) is 21.2. The van der Waals surface area contributed by atoms with Crippen molar-refractivity contribution in [1.29, 1.82) is 0 Å². The predicted molar refractivity (Wildman–Crippen MR) is 121 cm³/mol. The van der Waals surface area contributed by atoms with Gasteiger partial charge >= 0.3 is 0 Å². The summed E-state index contributed by atoms with van der Waals surface area (Å²) in [6, 6.07) is 4.33. The van der Waals surface area contributed by atoms with Crippen LogP contribution in [-0.4, -0.2) is 83.6 Å². The molecule has 7 heteroatoms. The molecule has 0 spiro atoms. The molecule has 0 unspecified atom stereocenters. The summed E-state index contributed by atoms with van der Waals surface area (Å²) in [4.78, 5) is 16.9. The number of nitrogens with one attached hydrogen (secondary N) is 1. The molecule has 2 aliphatic heterocycles. The normalized spacial score (nSPS) is 21.1. The zero-order chi connectivity index (χ0) is 20.0. The van der Waals surface area contributed by atoms with E-state index in [1.807, 2.05) is 18.0 Å². The first-order chi connectivity index (χ1) is 13.5. The average Bonchev–Trinajstić information content (AvgIpc) is 2.71. The Balaban J connectivity index is 1.60. The van der Waals surface area contributed by atoms with Crippen LogP contribution in [0.25, 0.3) is 0 Å². The van der Waals surface area contributed by atoms with Gasteiger partial charge in [-0.1, -0.05) is 13.0 Å². The average molecular weight is 405 g/mol. The van der Waals surface area contributed by atoms with Crippen molar-refractivity contribution in [2.45, 2.75) is 39.0 Å². The van der Waals surface area contributed by atoms with E-state index >= 15 is 0 Å². The molecule has 0 aliphatic carbocycles. The van der Waals surface area contributed by atoms with Gasteiger partial charge in [-0.15, -0.1) is 0 Å². The van der Waals surface area contributed by atoms with Crippen molar-refractivity contribution in [2.24, 2.45) is 4.99 Å². The van der Waals surface area contributed by atoms with Crippen LogP contribution in [-0.2, 0) is 6.54 Å². The highest BCUT2D eigenvalue weighted by Crippen LogP contribution is 2.29. The van der Waals surface area contributed by atoms with E-state index in [1.165, 1.54) is 0 Å². The summed E-state index contributed by atoms with van der Waals surface area (Å²) in [5.41, 5.74) is 1.16. The number of nitrogens with zero attached hydrogens (tertiary/aromatic N) is 5. The Hall–Kier alpha value is -1.47. The summed E-state index contributed by atoms with van der Waals surface area (Å²) in [6.45, 7) is 18.2. The van der Waals surface area contributed by atoms with E-state index in [0.717, 1.165) is 75.5 Å². The van der Waals surface area contributed by atoms with Crippen molar-refractivity contribution in [3.8, 4) is 0 Å². The number of rotatable bonds is 5. The van der Waals surface area contributed by atoms with Crippen LogP contribution in [0.1, 0.15) is 33.3 Å². The maximum Gasteiger partial charge on any atom is 0.194 e. The van der Waals surface area contributed by atoms with E-state index in [9.17, 15) is 0 Å². The standard InChI is InChI=1S/C21H36N6S/c1-5-22-20(27-13-14-28-21(3,4)17-27)24-16-18-7-8-19(23-15-18)26-11-9-25(6-2)10-12-26/h7-8,15H,5-6,9-14,16-17H2,1-4H3,(H,22,24). The first-order valence-corrected chi connectivity index (χ1v) is 11.6. The van der Waals surface area contributed by atoms with Gasteiger partial charge in [0.25, 0.3) is 0 Å². The molecule has 0 radical (unpaired) electrons. The minimum atomic E-state index is 0.277. The Morgan fingerprint density at radius 3 is 2.57 bits per heavy atom. The van der Waals surface area contributed by atoms with Crippen LogP contribution < -0.4 is 10.2 Å². The molecular weight excluding hydrogens is 368 g/mol. The lowest BCUT2D eigenvalue weighted by molar-refractivity contribution is 0.270. The number of guanidine groups is 1. The third-order valence-corrected chi connectivity index (χ3v) is 6.72. The van der Waals surface area contributed by atoms with Crippen molar-refractivity contribution in [1.82, 2.24) is 20.1 Å². The summed E-state index contributed by atoms with van der Waals surface area (Å²) in [7, 11) is 0. The number of aliphatic imine (C=N–C) groups is 1. The SMILES string of the molecule is CCNC(=NCc1ccc(N2CCN(CC)CC2)nc1)N1CCSC(C)(C)C1.